The van der Waals surface area contributed by atoms with Gasteiger partial charge in [0.05, 0.1) is 5.25 Å². The number of rotatable bonds is 3. The Morgan fingerprint density at radius 1 is 1.47 bits per heavy atom. The summed E-state index contributed by atoms with van der Waals surface area (Å²) >= 11 is 0. The van der Waals surface area contributed by atoms with Crippen LogP contribution in [-0.4, -0.2) is 14.7 Å². The predicted octanol–water partition coefficient (Wildman–Crippen LogP) is 2.55. The number of hydrogen-bond donors (Lipinski definition) is 1. The van der Waals surface area contributed by atoms with Crippen molar-refractivity contribution >= 4 is 10.8 Å². The van der Waals surface area contributed by atoms with E-state index in [1.54, 1.807) is 0 Å². The van der Waals surface area contributed by atoms with Crippen LogP contribution in [0.25, 0.3) is 0 Å². The number of aryl methyl sites for hydroxylation is 1. The molecule has 1 aromatic rings. The first-order valence-electron chi connectivity index (χ1n) is 6.38. The van der Waals surface area contributed by atoms with Crippen molar-refractivity contribution in [3.05, 3.63) is 35.4 Å². The summed E-state index contributed by atoms with van der Waals surface area (Å²) in [7, 11) is -0.814. The Bertz CT molecular complexity index is 418. The van der Waals surface area contributed by atoms with Crippen LogP contribution in [0.1, 0.15) is 43.9 Å². The molecule has 4 unspecified atom stereocenters. The highest BCUT2D eigenvalue weighted by Crippen LogP contribution is 2.32. The van der Waals surface area contributed by atoms with E-state index in [2.05, 4.69) is 32.0 Å². The van der Waals surface area contributed by atoms with Gasteiger partial charge in [-0.25, -0.2) is 0 Å². The summed E-state index contributed by atoms with van der Waals surface area (Å²) in [6, 6.07) is 8.23. The van der Waals surface area contributed by atoms with Crippen LogP contribution in [0.3, 0.4) is 0 Å². The standard InChI is InChI=1S/C14H21NOS/c1-3-10(2)17(16)13-9-8-11-6-4-5-7-12(11)14(13)15/h4-7,10,13-14H,3,8-9,15H2,1-2H3. The van der Waals surface area contributed by atoms with Gasteiger partial charge in [-0.1, -0.05) is 38.1 Å². The van der Waals surface area contributed by atoms with Crippen molar-refractivity contribution in [3.63, 3.8) is 0 Å². The molecule has 17 heavy (non-hydrogen) atoms. The van der Waals surface area contributed by atoms with Crippen molar-refractivity contribution in [1.29, 1.82) is 0 Å². The van der Waals surface area contributed by atoms with E-state index in [-0.39, 0.29) is 16.5 Å². The van der Waals surface area contributed by atoms with Gasteiger partial charge in [0, 0.05) is 22.1 Å². The third-order valence-corrected chi connectivity index (χ3v) is 6.04. The summed E-state index contributed by atoms with van der Waals surface area (Å²) in [4.78, 5) is 0. The minimum atomic E-state index is -0.814. The SMILES string of the molecule is CCC(C)S(=O)C1CCc2ccccc2C1N. The van der Waals surface area contributed by atoms with E-state index >= 15 is 0 Å². The molecule has 1 aliphatic carbocycles. The van der Waals surface area contributed by atoms with Gasteiger partial charge in [-0.15, -0.1) is 0 Å². The van der Waals surface area contributed by atoms with Gasteiger partial charge in [0.25, 0.3) is 0 Å². The van der Waals surface area contributed by atoms with Crippen LogP contribution in [0.15, 0.2) is 24.3 Å². The molecule has 2 nitrogen and oxygen atoms in total. The monoisotopic (exact) mass is 251 g/mol. The van der Waals surface area contributed by atoms with Gasteiger partial charge in [-0.3, -0.25) is 4.21 Å². The molecule has 2 rings (SSSR count). The predicted molar refractivity (Wildman–Crippen MR) is 73.4 cm³/mol. The van der Waals surface area contributed by atoms with Crippen LogP contribution < -0.4 is 5.73 Å². The quantitative estimate of drug-likeness (QED) is 0.897. The lowest BCUT2D eigenvalue weighted by Crippen LogP contribution is -2.37. The molecule has 4 atom stereocenters. The normalized spacial score (nSPS) is 27.2. The van der Waals surface area contributed by atoms with E-state index in [1.807, 2.05) is 6.07 Å². The molecule has 3 heteroatoms. The van der Waals surface area contributed by atoms with Crippen LogP contribution >= 0.6 is 0 Å². The summed E-state index contributed by atoms with van der Waals surface area (Å²) in [6.45, 7) is 4.15. The third-order valence-electron chi connectivity index (χ3n) is 3.78. The van der Waals surface area contributed by atoms with Gasteiger partial charge in [0.2, 0.25) is 0 Å². The highest BCUT2D eigenvalue weighted by molar-refractivity contribution is 7.86. The second-order valence-electron chi connectivity index (χ2n) is 4.85. The van der Waals surface area contributed by atoms with E-state index in [9.17, 15) is 4.21 Å². The number of nitrogens with two attached hydrogens (primary N) is 1. The molecule has 2 N–H and O–H groups in total. The minimum absolute atomic E-state index is 0.0604. The lowest BCUT2D eigenvalue weighted by atomic mass is 9.88. The number of benzene rings is 1. The van der Waals surface area contributed by atoms with Crippen molar-refractivity contribution in [2.45, 2.75) is 49.7 Å². The first-order chi connectivity index (χ1) is 8.15. The van der Waals surface area contributed by atoms with Crippen LogP contribution in [0.4, 0.5) is 0 Å². The molecule has 0 bridgehead atoms. The van der Waals surface area contributed by atoms with Gasteiger partial charge in [-0.2, -0.15) is 0 Å². The summed E-state index contributed by atoms with van der Waals surface area (Å²) in [5.74, 6) is 0. The fourth-order valence-corrected chi connectivity index (χ4v) is 4.20. The molecule has 0 amide bonds. The fraction of sp³-hybridized carbons (Fsp3) is 0.571. The van der Waals surface area contributed by atoms with E-state index < -0.39 is 10.8 Å². The average Bonchev–Trinajstić information content (AvgIpc) is 2.38. The number of fused-ring (bicyclic) bond motifs is 1. The highest BCUT2D eigenvalue weighted by Gasteiger charge is 2.32. The second kappa shape index (κ2) is 5.32. The molecule has 0 spiro atoms. The smallest absolute Gasteiger partial charge is 0.0546 e. The summed E-state index contributed by atoms with van der Waals surface area (Å²) in [5.41, 5.74) is 8.82. The summed E-state index contributed by atoms with van der Waals surface area (Å²) in [6.07, 6.45) is 2.92. The number of hydrogen-bond acceptors (Lipinski definition) is 2. The molecule has 0 heterocycles. The summed E-state index contributed by atoms with van der Waals surface area (Å²) < 4.78 is 12.4. The third kappa shape index (κ3) is 2.45. The maximum Gasteiger partial charge on any atom is 0.0546 e. The molecule has 0 aromatic heterocycles. The summed E-state index contributed by atoms with van der Waals surface area (Å²) in [5, 5.41) is 0.371. The Labute approximate surface area is 106 Å². The molecular weight excluding hydrogens is 230 g/mol. The molecule has 94 valence electrons. The van der Waals surface area contributed by atoms with Crippen molar-refractivity contribution < 1.29 is 4.21 Å². The van der Waals surface area contributed by atoms with Gasteiger partial charge < -0.3 is 5.73 Å². The van der Waals surface area contributed by atoms with Crippen LogP contribution in [0.2, 0.25) is 0 Å². The largest absolute Gasteiger partial charge is 0.323 e. The van der Waals surface area contributed by atoms with E-state index in [0.717, 1.165) is 19.3 Å². The van der Waals surface area contributed by atoms with Gasteiger partial charge in [0.1, 0.15) is 0 Å². The highest BCUT2D eigenvalue weighted by atomic mass is 32.2. The molecule has 0 saturated heterocycles. The van der Waals surface area contributed by atoms with Crippen molar-refractivity contribution in [2.24, 2.45) is 5.73 Å². The molecule has 0 fully saturated rings. The molecular formula is C14H21NOS. The van der Waals surface area contributed by atoms with Crippen molar-refractivity contribution in [2.75, 3.05) is 0 Å². The van der Waals surface area contributed by atoms with Gasteiger partial charge in [0.15, 0.2) is 0 Å². The van der Waals surface area contributed by atoms with Gasteiger partial charge >= 0.3 is 0 Å². The average molecular weight is 251 g/mol. The van der Waals surface area contributed by atoms with Gasteiger partial charge in [-0.05, 0) is 30.4 Å². The Kier molecular flexibility index (Phi) is 4.00. The Morgan fingerprint density at radius 3 is 2.88 bits per heavy atom. The maximum absolute atomic E-state index is 12.4. The molecule has 0 aliphatic heterocycles. The zero-order valence-corrected chi connectivity index (χ0v) is 11.4. The van der Waals surface area contributed by atoms with Crippen LogP contribution in [0, 0.1) is 0 Å². The fourth-order valence-electron chi connectivity index (χ4n) is 2.49. The van der Waals surface area contributed by atoms with E-state index in [1.165, 1.54) is 11.1 Å². The minimum Gasteiger partial charge on any atom is -0.323 e. The first-order valence-corrected chi connectivity index (χ1v) is 7.65. The maximum atomic E-state index is 12.4. The van der Waals surface area contributed by atoms with Crippen molar-refractivity contribution in [1.82, 2.24) is 0 Å². The zero-order valence-electron chi connectivity index (χ0n) is 10.6. The Hall–Kier alpha value is -0.670. The lowest BCUT2D eigenvalue weighted by molar-refractivity contribution is 0.557. The first kappa shape index (κ1) is 12.8. The Balaban J connectivity index is 2.23. The molecule has 1 aromatic carbocycles. The molecule has 1 aliphatic rings. The van der Waals surface area contributed by atoms with Crippen molar-refractivity contribution in [3.8, 4) is 0 Å². The van der Waals surface area contributed by atoms with E-state index in [0.29, 0.717) is 0 Å². The van der Waals surface area contributed by atoms with E-state index in [4.69, 9.17) is 5.73 Å². The molecule has 0 saturated carbocycles. The topological polar surface area (TPSA) is 43.1 Å². The lowest BCUT2D eigenvalue weighted by Gasteiger charge is -2.31. The second-order valence-corrected chi connectivity index (χ2v) is 6.92. The van der Waals surface area contributed by atoms with Crippen LogP contribution in [-0.2, 0) is 17.2 Å². The zero-order chi connectivity index (χ0) is 12.4. The molecule has 0 radical (unpaired) electrons. The Morgan fingerprint density at radius 2 is 2.18 bits per heavy atom. The van der Waals surface area contributed by atoms with Crippen LogP contribution in [0.5, 0.6) is 0 Å².